The average Bonchev–Trinajstić information content (AvgIpc) is 3.23. The summed E-state index contributed by atoms with van der Waals surface area (Å²) in [6, 6.07) is 4.00. The van der Waals surface area contributed by atoms with Crippen molar-refractivity contribution in [3.8, 4) is 0 Å². The standard InChI is InChI=1S/C26H34F2N4O4S/c1-3-23-24-19(14-32(23)13-16-4-6-17(7-5-16)25(27)28)10-18(11-30-24)26(34)31-22(15-33)21-9-8-20(12-29-21)37(2,35)36/h8-12,16-17,22-23,25,33H,3-7,13-15H2,1-2H3,(H,31,34)/t16?,17?,22-,23-/m0/s1. The molecule has 2 aromatic heterocycles. The summed E-state index contributed by atoms with van der Waals surface area (Å²) in [4.78, 5) is 24.1. The summed E-state index contributed by atoms with van der Waals surface area (Å²) in [5.74, 6) is -0.513. The molecule has 3 heterocycles. The summed E-state index contributed by atoms with van der Waals surface area (Å²) >= 11 is 0. The summed E-state index contributed by atoms with van der Waals surface area (Å²) in [5, 5.41) is 12.6. The quantitative estimate of drug-likeness (QED) is 0.503. The number of halogens is 2. The molecular formula is C26H34F2N4O4S. The van der Waals surface area contributed by atoms with Gasteiger partial charge in [0.05, 0.1) is 40.5 Å². The van der Waals surface area contributed by atoms with E-state index in [9.17, 15) is 27.1 Å². The van der Waals surface area contributed by atoms with Crippen LogP contribution < -0.4 is 5.32 Å². The van der Waals surface area contributed by atoms with E-state index in [-0.39, 0.29) is 10.9 Å². The van der Waals surface area contributed by atoms with E-state index in [4.69, 9.17) is 0 Å². The topological polar surface area (TPSA) is 112 Å². The van der Waals surface area contributed by atoms with Gasteiger partial charge in [-0.2, -0.15) is 0 Å². The molecule has 1 saturated carbocycles. The molecule has 202 valence electrons. The Kier molecular flexibility index (Phi) is 8.55. The number of carbonyl (C=O) groups excluding carboxylic acids is 1. The molecule has 0 radical (unpaired) electrons. The molecule has 37 heavy (non-hydrogen) atoms. The Morgan fingerprint density at radius 2 is 1.92 bits per heavy atom. The van der Waals surface area contributed by atoms with Crippen LogP contribution in [0, 0.1) is 11.8 Å². The van der Waals surface area contributed by atoms with Gasteiger partial charge in [-0.1, -0.05) is 6.92 Å². The molecule has 0 spiro atoms. The van der Waals surface area contributed by atoms with Gasteiger partial charge in [0.1, 0.15) is 0 Å². The fourth-order valence-electron chi connectivity index (χ4n) is 5.44. The van der Waals surface area contributed by atoms with Crippen LogP contribution in [0.1, 0.15) is 78.4 Å². The van der Waals surface area contributed by atoms with Gasteiger partial charge in [0, 0.05) is 37.7 Å². The Morgan fingerprint density at radius 3 is 2.49 bits per heavy atom. The van der Waals surface area contributed by atoms with Crippen LogP contribution in [0.3, 0.4) is 0 Å². The fourth-order valence-corrected chi connectivity index (χ4v) is 6.00. The van der Waals surface area contributed by atoms with Gasteiger partial charge < -0.3 is 10.4 Å². The van der Waals surface area contributed by atoms with E-state index in [1.165, 1.54) is 24.5 Å². The van der Waals surface area contributed by atoms with Gasteiger partial charge >= 0.3 is 0 Å². The molecule has 1 fully saturated rings. The van der Waals surface area contributed by atoms with E-state index in [0.717, 1.165) is 43.3 Å². The highest BCUT2D eigenvalue weighted by Gasteiger charge is 2.34. The average molecular weight is 537 g/mol. The van der Waals surface area contributed by atoms with Gasteiger partial charge in [0.15, 0.2) is 9.84 Å². The van der Waals surface area contributed by atoms with Crippen molar-refractivity contribution in [3.05, 3.63) is 53.1 Å². The highest BCUT2D eigenvalue weighted by molar-refractivity contribution is 7.90. The van der Waals surface area contributed by atoms with Crippen LogP contribution in [0.2, 0.25) is 0 Å². The maximum absolute atomic E-state index is 13.0. The van der Waals surface area contributed by atoms with Crippen LogP contribution in [0.25, 0.3) is 0 Å². The van der Waals surface area contributed by atoms with Crippen molar-refractivity contribution in [2.45, 2.75) is 69.0 Å². The van der Waals surface area contributed by atoms with Crippen LogP contribution >= 0.6 is 0 Å². The number of carbonyl (C=O) groups is 1. The van der Waals surface area contributed by atoms with Gasteiger partial charge in [0.25, 0.3) is 5.91 Å². The lowest BCUT2D eigenvalue weighted by Crippen LogP contribution is -2.31. The predicted octanol–water partition coefficient (Wildman–Crippen LogP) is 3.68. The van der Waals surface area contributed by atoms with E-state index in [1.807, 2.05) is 6.07 Å². The number of hydrogen-bond acceptors (Lipinski definition) is 7. The van der Waals surface area contributed by atoms with Crippen LogP contribution in [-0.4, -0.2) is 60.1 Å². The number of nitrogens with zero attached hydrogens (tertiary/aromatic N) is 3. The highest BCUT2D eigenvalue weighted by Crippen LogP contribution is 2.39. The lowest BCUT2D eigenvalue weighted by molar-refractivity contribution is 0.0391. The van der Waals surface area contributed by atoms with Crippen molar-refractivity contribution in [2.24, 2.45) is 11.8 Å². The maximum atomic E-state index is 13.0. The zero-order valence-electron chi connectivity index (χ0n) is 21.1. The second-order valence-corrected chi connectivity index (χ2v) is 12.2. The number of aliphatic hydroxyl groups is 1. The van der Waals surface area contributed by atoms with Crippen LogP contribution in [-0.2, 0) is 16.4 Å². The number of fused-ring (bicyclic) bond motifs is 1. The monoisotopic (exact) mass is 536 g/mol. The number of sulfone groups is 1. The normalized spacial score (nSPS) is 23.1. The first-order chi connectivity index (χ1) is 17.6. The van der Waals surface area contributed by atoms with Crippen LogP contribution in [0.5, 0.6) is 0 Å². The van der Waals surface area contributed by atoms with E-state index >= 15 is 0 Å². The van der Waals surface area contributed by atoms with Crippen molar-refractivity contribution >= 4 is 15.7 Å². The van der Waals surface area contributed by atoms with Crippen molar-refractivity contribution in [2.75, 3.05) is 19.4 Å². The molecule has 8 nitrogen and oxygen atoms in total. The minimum absolute atomic E-state index is 0.0548. The number of pyridine rings is 2. The number of hydrogen-bond donors (Lipinski definition) is 2. The minimum Gasteiger partial charge on any atom is -0.394 e. The molecule has 4 rings (SSSR count). The lowest BCUT2D eigenvalue weighted by atomic mass is 9.82. The third-order valence-electron chi connectivity index (χ3n) is 7.55. The van der Waals surface area contributed by atoms with E-state index in [2.05, 4.69) is 27.1 Å². The molecule has 2 N–H and O–H groups in total. The number of nitrogens with one attached hydrogen (secondary N) is 1. The fraction of sp³-hybridized carbons (Fsp3) is 0.577. The van der Waals surface area contributed by atoms with Crippen molar-refractivity contribution < 1.29 is 27.1 Å². The molecule has 2 aromatic rings. The minimum atomic E-state index is -3.41. The smallest absolute Gasteiger partial charge is 0.253 e. The molecule has 0 aromatic carbocycles. The SMILES string of the molecule is CC[C@H]1c2ncc(C(=O)N[C@@H](CO)c3ccc(S(C)(=O)=O)cn3)cc2CN1CC1CCC(C(F)F)CC1. The third kappa shape index (κ3) is 6.32. The molecule has 0 unspecified atom stereocenters. The second-order valence-electron chi connectivity index (χ2n) is 10.1. The lowest BCUT2D eigenvalue weighted by Gasteiger charge is -2.33. The van der Waals surface area contributed by atoms with Crippen molar-refractivity contribution in [1.29, 1.82) is 0 Å². The molecule has 1 aliphatic heterocycles. The zero-order valence-corrected chi connectivity index (χ0v) is 21.9. The summed E-state index contributed by atoms with van der Waals surface area (Å²) in [5.41, 5.74) is 2.62. The molecule has 0 bridgehead atoms. The number of aliphatic hydroxyl groups excluding tert-OH is 1. The Hall–Kier alpha value is -2.50. The first-order valence-corrected chi connectivity index (χ1v) is 14.6. The predicted molar refractivity (Wildman–Crippen MR) is 134 cm³/mol. The van der Waals surface area contributed by atoms with E-state index in [0.29, 0.717) is 36.6 Å². The van der Waals surface area contributed by atoms with Gasteiger partial charge in [-0.15, -0.1) is 0 Å². The molecule has 1 amide bonds. The van der Waals surface area contributed by atoms with Crippen molar-refractivity contribution in [3.63, 3.8) is 0 Å². The van der Waals surface area contributed by atoms with Gasteiger partial charge in [-0.05, 0) is 61.8 Å². The molecule has 1 aliphatic carbocycles. The number of aromatic nitrogens is 2. The first kappa shape index (κ1) is 27.5. The Labute approximate surface area is 216 Å². The van der Waals surface area contributed by atoms with Crippen molar-refractivity contribution in [1.82, 2.24) is 20.2 Å². The molecule has 2 aliphatic rings. The Balaban J connectivity index is 1.42. The molecular weight excluding hydrogens is 502 g/mol. The molecule has 0 saturated heterocycles. The van der Waals surface area contributed by atoms with Gasteiger partial charge in [0.2, 0.25) is 6.43 Å². The zero-order chi connectivity index (χ0) is 26.7. The Morgan fingerprint density at radius 1 is 1.19 bits per heavy atom. The number of rotatable bonds is 9. The number of amides is 1. The molecule has 11 heteroatoms. The van der Waals surface area contributed by atoms with Crippen LogP contribution in [0.4, 0.5) is 8.78 Å². The number of alkyl halides is 2. The van der Waals surface area contributed by atoms with Gasteiger partial charge in [-0.3, -0.25) is 19.7 Å². The van der Waals surface area contributed by atoms with E-state index < -0.39 is 40.7 Å². The summed E-state index contributed by atoms with van der Waals surface area (Å²) in [6.07, 6.45) is 5.20. The molecule has 2 atom stereocenters. The van der Waals surface area contributed by atoms with Gasteiger partial charge in [-0.25, -0.2) is 17.2 Å². The largest absolute Gasteiger partial charge is 0.394 e. The summed E-state index contributed by atoms with van der Waals surface area (Å²) < 4.78 is 49.4. The third-order valence-corrected chi connectivity index (χ3v) is 8.65. The second kappa shape index (κ2) is 11.5. The van der Waals surface area contributed by atoms with Crippen LogP contribution in [0.15, 0.2) is 35.5 Å². The summed E-state index contributed by atoms with van der Waals surface area (Å²) in [7, 11) is -3.41. The maximum Gasteiger partial charge on any atom is 0.253 e. The Bertz CT molecular complexity index is 1200. The first-order valence-electron chi connectivity index (χ1n) is 12.7. The van der Waals surface area contributed by atoms with E-state index in [1.54, 1.807) is 0 Å². The summed E-state index contributed by atoms with van der Waals surface area (Å²) in [6.45, 7) is 3.16. The highest BCUT2D eigenvalue weighted by atomic mass is 32.2.